The lowest BCUT2D eigenvalue weighted by molar-refractivity contribution is -0.582. The number of halogens is 3. The third kappa shape index (κ3) is 4.19. The summed E-state index contributed by atoms with van der Waals surface area (Å²) >= 11 is 0. The summed E-state index contributed by atoms with van der Waals surface area (Å²) in [6.07, 6.45) is 8.44. The zero-order chi connectivity index (χ0) is 28.9. The molecular formula is C30H27F3N2O4Si. The number of hydrogen-bond acceptors (Lipinski definition) is 5. The van der Waals surface area contributed by atoms with Gasteiger partial charge in [0.05, 0.1) is 12.4 Å². The van der Waals surface area contributed by atoms with E-state index in [9.17, 15) is 14.3 Å². The fourth-order valence-corrected chi connectivity index (χ4v) is 8.91. The Bertz CT molecular complexity index is 1620. The van der Waals surface area contributed by atoms with Crippen LogP contribution in [-0.2, 0) is 9.59 Å². The second-order valence-electron chi connectivity index (χ2n) is 10.8. The second kappa shape index (κ2) is 10.2. The van der Waals surface area contributed by atoms with Crippen LogP contribution < -0.4 is 15.2 Å². The number of carbonyl (C=O) groups is 1. The van der Waals surface area contributed by atoms with Crippen LogP contribution in [0.15, 0.2) is 47.2 Å². The fraction of sp³-hybridized carbons (Fsp3) is 0.300. The number of benzene rings is 2. The highest BCUT2D eigenvalue weighted by Crippen LogP contribution is 2.44. The Balaban J connectivity index is 0.00000103. The molecule has 0 spiro atoms. The minimum Gasteiger partial charge on any atom is -0.545 e. The zero-order valence-electron chi connectivity index (χ0n) is 22.4. The number of carbonyl (C=O) groups excluding carboxylic acids is 3. The van der Waals surface area contributed by atoms with Gasteiger partial charge in [-0.05, 0) is 58.6 Å². The molecular weight excluding hydrogens is 537 g/mol. The van der Waals surface area contributed by atoms with E-state index < -0.39 is 48.2 Å². The van der Waals surface area contributed by atoms with Gasteiger partial charge in [0.25, 0.3) is 0 Å². The number of carboxylic acid groups (broad SMARTS) is 1. The average molecular weight is 565 g/mol. The van der Waals surface area contributed by atoms with Crippen LogP contribution in [0.3, 0.4) is 0 Å². The average Bonchev–Trinajstić information content (AvgIpc) is 2.84. The number of nitrogens with zero attached hydrogens (tertiary/aromatic N) is 2. The molecule has 1 aliphatic carbocycles. The molecule has 206 valence electrons. The van der Waals surface area contributed by atoms with E-state index in [4.69, 9.17) is 9.59 Å². The fourth-order valence-electron chi connectivity index (χ4n) is 5.84. The van der Waals surface area contributed by atoms with Crippen LogP contribution >= 0.6 is 0 Å². The molecule has 10 heteroatoms. The van der Waals surface area contributed by atoms with E-state index >= 15 is 8.78 Å². The number of rotatable bonds is 3. The van der Waals surface area contributed by atoms with Crippen molar-refractivity contribution in [2.45, 2.75) is 32.9 Å². The lowest BCUT2D eigenvalue weighted by atomic mass is 9.85. The van der Waals surface area contributed by atoms with Crippen molar-refractivity contribution in [1.82, 2.24) is 0 Å². The summed E-state index contributed by atoms with van der Waals surface area (Å²) in [5.74, 6) is -6.13. The highest BCUT2D eigenvalue weighted by atomic mass is 28.3. The Morgan fingerprint density at radius 1 is 1.02 bits per heavy atom. The first-order valence-electron chi connectivity index (χ1n) is 13.1. The molecule has 40 heavy (non-hydrogen) atoms. The molecule has 0 atom stereocenters. The molecule has 0 bridgehead atoms. The molecule has 2 fully saturated rings. The first-order valence-corrected chi connectivity index (χ1v) is 16.1. The van der Waals surface area contributed by atoms with E-state index in [1.54, 1.807) is 0 Å². The Morgan fingerprint density at radius 2 is 1.70 bits per heavy atom. The first-order chi connectivity index (χ1) is 19.0. The van der Waals surface area contributed by atoms with Gasteiger partial charge < -0.3 is 14.8 Å². The summed E-state index contributed by atoms with van der Waals surface area (Å²) in [7, 11) is -2.37. The van der Waals surface area contributed by atoms with Crippen molar-refractivity contribution in [1.29, 1.82) is 0 Å². The number of allylic oxidation sites excluding steroid dienone is 5. The van der Waals surface area contributed by atoms with Gasteiger partial charge in [-0.2, -0.15) is 9.59 Å². The maximum absolute atomic E-state index is 15.8. The van der Waals surface area contributed by atoms with E-state index in [-0.39, 0.29) is 11.7 Å². The van der Waals surface area contributed by atoms with Crippen LogP contribution in [-0.4, -0.2) is 56.7 Å². The van der Waals surface area contributed by atoms with Crippen LogP contribution in [0.5, 0.6) is 0 Å². The van der Waals surface area contributed by atoms with Crippen molar-refractivity contribution >= 4 is 42.4 Å². The first kappa shape index (κ1) is 27.5. The van der Waals surface area contributed by atoms with Crippen LogP contribution in [0, 0.1) is 24.4 Å². The third-order valence-corrected chi connectivity index (χ3v) is 11.8. The molecule has 6 rings (SSSR count). The summed E-state index contributed by atoms with van der Waals surface area (Å²) in [6, 6.07) is 5.96. The predicted molar refractivity (Wildman–Crippen MR) is 144 cm³/mol. The molecule has 2 aromatic rings. The SMILES string of the molecule is Cc1c(F)c(F)c(C(=O)[O-])c(C2=C3C=CC(=[N+]4CCC4)C=C3[Si](C)(C)c3cc(N4CCC4)ccc32)c1F.O=C=O. The number of aromatic carboxylic acids is 1. The van der Waals surface area contributed by atoms with Crippen molar-refractivity contribution in [3.05, 3.63) is 86.9 Å². The topological polar surface area (TPSA) is 80.5 Å². The van der Waals surface area contributed by atoms with Gasteiger partial charge >= 0.3 is 6.15 Å². The van der Waals surface area contributed by atoms with Crippen LogP contribution in [0.25, 0.3) is 5.57 Å². The maximum Gasteiger partial charge on any atom is 0.373 e. The summed E-state index contributed by atoms with van der Waals surface area (Å²) in [5.41, 5.74) is 1.66. The van der Waals surface area contributed by atoms with Crippen LogP contribution in [0.2, 0.25) is 13.1 Å². The Labute approximate surface area is 230 Å². The summed E-state index contributed by atoms with van der Waals surface area (Å²) < 4.78 is 47.7. The molecule has 3 aliphatic heterocycles. The van der Waals surface area contributed by atoms with E-state index in [1.165, 1.54) is 0 Å². The predicted octanol–water partition coefficient (Wildman–Crippen LogP) is 3.03. The quantitative estimate of drug-likeness (QED) is 0.325. The molecule has 2 saturated heterocycles. The van der Waals surface area contributed by atoms with Gasteiger partial charge in [-0.3, -0.25) is 0 Å². The number of hydrogen-bond donors (Lipinski definition) is 0. The molecule has 4 aliphatic rings. The molecule has 0 N–H and O–H groups in total. The summed E-state index contributed by atoms with van der Waals surface area (Å²) in [4.78, 5) is 30.6. The van der Waals surface area contributed by atoms with Gasteiger partial charge in [0.15, 0.2) is 17.3 Å². The van der Waals surface area contributed by atoms with Gasteiger partial charge in [0, 0.05) is 47.6 Å². The van der Waals surface area contributed by atoms with E-state index in [2.05, 4.69) is 34.7 Å². The van der Waals surface area contributed by atoms with E-state index in [0.717, 1.165) is 67.7 Å². The van der Waals surface area contributed by atoms with Gasteiger partial charge in [-0.1, -0.05) is 19.2 Å². The maximum atomic E-state index is 15.8. The summed E-state index contributed by atoms with van der Waals surface area (Å²) in [6.45, 7) is 9.41. The highest BCUT2D eigenvalue weighted by Gasteiger charge is 2.42. The molecule has 0 unspecified atom stereocenters. The lowest BCUT2D eigenvalue weighted by Gasteiger charge is -2.40. The number of anilines is 1. The monoisotopic (exact) mass is 564 g/mol. The smallest absolute Gasteiger partial charge is 0.373 e. The Morgan fingerprint density at radius 3 is 2.25 bits per heavy atom. The van der Waals surface area contributed by atoms with Gasteiger partial charge in [0.2, 0.25) is 0 Å². The van der Waals surface area contributed by atoms with Crippen LogP contribution in [0.1, 0.15) is 39.9 Å². The van der Waals surface area contributed by atoms with Crippen molar-refractivity contribution < 1.29 is 37.2 Å². The number of fused-ring (bicyclic) bond motifs is 2. The third-order valence-electron chi connectivity index (χ3n) is 8.33. The van der Waals surface area contributed by atoms with Gasteiger partial charge in [-0.15, -0.1) is 0 Å². The van der Waals surface area contributed by atoms with Crippen molar-refractivity contribution in [3.8, 4) is 0 Å². The molecule has 0 aromatic heterocycles. The van der Waals surface area contributed by atoms with Crippen LogP contribution in [0.4, 0.5) is 18.9 Å². The molecule has 0 saturated carbocycles. The largest absolute Gasteiger partial charge is 0.545 e. The molecule has 3 heterocycles. The normalized spacial score (nSPS) is 18.4. The van der Waals surface area contributed by atoms with Gasteiger partial charge in [-0.25, -0.2) is 17.7 Å². The van der Waals surface area contributed by atoms with E-state index in [1.807, 2.05) is 24.3 Å². The van der Waals surface area contributed by atoms with Crippen molar-refractivity contribution in [2.75, 3.05) is 31.1 Å². The molecule has 6 nitrogen and oxygen atoms in total. The zero-order valence-corrected chi connectivity index (χ0v) is 23.4. The molecule has 2 aromatic carbocycles. The van der Waals surface area contributed by atoms with Crippen molar-refractivity contribution in [3.63, 3.8) is 0 Å². The molecule has 0 radical (unpaired) electrons. The minimum atomic E-state index is -2.37. The number of carboxylic acids is 1. The minimum absolute atomic E-state index is 0.250. The lowest BCUT2D eigenvalue weighted by Crippen LogP contribution is -2.50. The summed E-state index contributed by atoms with van der Waals surface area (Å²) in [5, 5.41) is 14.2. The van der Waals surface area contributed by atoms with Crippen molar-refractivity contribution in [2.24, 2.45) is 0 Å². The standard InChI is InChI=1S/C29H27F3N2O2Si.CO2/c1-16-26(30)24(25(29(35)36)28(32)27(16)31)23-19-8-6-17(33-10-4-11-33)14-21(19)37(2,3)22-15-18(7-9-20(22)23)34-12-5-13-34;2-1-3/h6-9,14-15H,4-5,10-13H2,1-3H3;. The second-order valence-corrected chi connectivity index (χ2v) is 15.2. The Kier molecular flexibility index (Phi) is 7.02. The van der Waals surface area contributed by atoms with E-state index in [0.29, 0.717) is 11.1 Å². The highest BCUT2D eigenvalue weighted by molar-refractivity contribution is 6.98. The molecule has 0 amide bonds. The van der Waals surface area contributed by atoms with Gasteiger partial charge in [0.1, 0.15) is 27.0 Å². The Hall–Kier alpha value is -4.01.